The minimum atomic E-state index is -0.669. The fourth-order valence-corrected chi connectivity index (χ4v) is 2.89. The minimum Gasteiger partial charge on any atom is -0.393 e. The summed E-state index contributed by atoms with van der Waals surface area (Å²) < 4.78 is 11.6. The van der Waals surface area contributed by atoms with E-state index in [0.29, 0.717) is 25.7 Å². The number of ether oxygens (including phenoxy) is 2. The molecule has 0 saturated carbocycles. The van der Waals surface area contributed by atoms with Crippen molar-refractivity contribution in [2.24, 2.45) is 0 Å². The quantitative estimate of drug-likeness (QED) is 0.754. The molecular formula is C13H19NO4. The van der Waals surface area contributed by atoms with Crippen molar-refractivity contribution in [3.63, 3.8) is 0 Å². The molecule has 0 aliphatic carbocycles. The summed E-state index contributed by atoms with van der Waals surface area (Å²) in [5, 5.41) is 18.2. The van der Waals surface area contributed by atoms with Crippen LogP contribution in [0.1, 0.15) is 38.5 Å². The van der Waals surface area contributed by atoms with E-state index in [2.05, 4.69) is 6.07 Å². The molecule has 0 radical (unpaired) electrons. The molecule has 0 amide bonds. The molecule has 0 aromatic heterocycles. The summed E-state index contributed by atoms with van der Waals surface area (Å²) in [6, 6.07) is 2.11. The molecule has 4 atom stereocenters. The number of nitrogens with zero attached hydrogens (tertiary/aromatic N) is 1. The maximum absolute atomic E-state index is 10.8. The van der Waals surface area contributed by atoms with E-state index in [1.807, 2.05) is 0 Å². The zero-order valence-electron chi connectivity index (χ0n) is 10.4. The van der Waals surface area contributed by atoms with Crippen LogP contribution in [0.2, 0.25) is 0 Å². The van der Waals surface area contributed by atoms with Crippen molar-refractivity contribution in [2.45, 2.75) is 62.4 Å². The standard InChI is InChI=1S/C13H19NO4/c14-7-1-2-10-3-4-12-13(9-16,18-10)6-5-11(8-15)17-12/h8,10-12,16H,1-6,9H2. The zero-order valence-corrected chi connectivity index (χ0v) is 10.4. The van der Waals surface area contributed by atoms with E-state index in [1.54, 1.807) is 0 Å². The second-order valence-corrected chi connectivity index (χ2v) is 5.07. The molecule has 18 heavy (non-hydrogen) atoms. The lowest BCUT2D eigenvalue weighted by Gasteiger charge is -2.49. The molecule has 2 aliphatic heterocycles. The molecule has 2 rings (SSSR count). The van der Waals surface area contributed by atoms with Gasteiger partial charge in [-0.1, -0.05) is 0 Å². The maximum atomic E-state index is 10.8. The number of carbonyl (C=O) groups is 1. The van der Waals surface area contributed by atoms with Crippen molar-refractivity contribution in [2.75, 3.05) is 6.61 Å². The highest BCUT2D eigenvalue weighted by Crippen LogP contribution is 2.40. The molecule has 100 valence electrons. The van der Waals surface area contributed by atoms with Gasteiger partial charge in [0, 0.05) is 6.42 Å². The largest absolute Gasteiger partial charge is 0.393 e. The Morgan fingerprint density at radius 1 is 1.44 bits per heavy atom. The molecule has 5 nitrogen and oxygen atoms in total. The fourth-order valence-electron chi connectivity index (χ4n) is 2.89. The van der Waals surface area contributed by atoms with Gasteiger partial charge in [0.15, 0.2) is 0 Å². The molecule has 0 bridgehead atoms. The number of hydrogen-bond donors (Lipinski definition) is 1. The molecule has 4 unspecified atom stereocenters. The summed E-state index contributed by atoms with van der Waals surface area (Å²) in [6.07, 6.45) is 4.26. The van der Waals surface area contributed by atoms with Crippen LogP contribution in [0.3, 0.4) is 0 Å². The van der Waals surface area contributed by atoms with Gasteiger partial charge < -0.3 is 19.4 Å². The van der Waals surface area contributed by atoms with Crippen LogP contribution >= 0.6 is 0 Å². The molecule has 0 aromatic carbocycles. The van der Waals surface area contributed by atoms with E-state index in [9.17, 15) is 9.90 Å². The lowest BCUT2D eigenvalue weighted by atomic mass is 9.81. The van der Waals surface area contributed by atoms with Crippen molar-refractivity contribution < 1.29 is 19.4 Å². The number of aldehydes is 1. The first-order chi connectivity index (χ1) is 8.74. The van der Waals surface area contributed by atoms with Gasteiger partial charge in [0.25, 0.3) is 0 Å². The minimum absolute atomic E-state index is 0.0180. The van der Waals surface area contributed by atoms with Gasteiger partial charge in [-0.25, -0.2) is 0 Å². The van der Waals surface area contributed by atoms with Crippen LogP contribution in [0.15, 0.2) is 0 Å². The zero-order chi connectivity index (χ0) is 13.0. The second-order valence-electron chi connectivity index (χ2n) is 5.07. The number of fused-ring (bicyclic) bond motifs is 1. The smallest absolute Gasteiger partial charge is 0.148 e. The van der Waals surface area contributed by atoms with Gasteiger partial charge in [0.2, 0.25) is 0 Å². The van der Waals surface area contributed by atoms with Crippen molar-refractivity contribution >= 4 is 6.29 Å². The average Bonchev–Trinajstić information content (AvgIpc) is 2.44. The van der Waals surface area contributed by atoms with Crippen LogP contribution in [0.25, 0.3) is 0 Å². The third-order valence-corrected chi connectivity index (χ3v) is 3.93. The van der Waals surface area contributed by atoms with Crippen LogP contribution < -0.4 is 0 Å². The van der Waals surface area contributed by atoms with E-state index in [1.165, 1.54) is 0 Å². The Labute approximate surface area is 107 Å². The van der Waals surface area contributed by atoms with Gasteiger partial charge in [-0.3, -0.25) is 0 Å². The highest BCUT2D eigenvalue weighted by atomic mass is 16.6. The lowest BCUT2D eigenvalue weighted by Crippen LogP contribution is -2.58. The Morgan fingerprint density at radius 3 is 2.94 bits per heavy atom. The monoisotopic (exact) mass is 253 g/mol. The van der Waals surface area contributed by atoms with Crippen molar-refractivity contribution in [1.29, 1.82) is 5.26 Å². The summed E-state index contributed by atoms with van der Waals surface area (Å²) in [5.74, 6) is 0. The average molecular weight is 253 g/mol. The Balaban J connectivity index is 2.02. The fraction of sp³-hybridized carbons (Fsp3) is 0.846. The summed E-state index contributed by atoms with van der Waals surface area (Å²) >= 11 is 0. The van der Waals surface area contributed by atoms with Crippen molar-refractivity contribution in [3.05, 3.63) is 0 Å². The lowest BCUT2D eigenvalue weighted by molar-refractivity contribution is -0.254. The predicted octanol–water partition coefficient (Wildman–Crippen LogP) is 0.947. The number of aliphatic hydroxyl groups is 1. The predicted molar refractivity (Wildman–Crippen MR) is 62.7 cm³/mol. The van der Waals surface area contributed by atoms with Gasteiger partial charge in [0.05, 0.1) is 24.9 Å². The van der Waals surface area contributed by atoms with Crippen LogP contribution in [-0.4, -0.2) is 41.9 Å². The maximum Gasteiger partial charge on any atom is 0.148 e. The van der Waals surface area contributed by atoms with Crippen LogP contribution in [0.5, 0.6) is 0 Å². The van der Waals surface area contributed by atoms with Gasteiger partial charge in [-0.2, -0.15) is 5.26 Å². The molecule has 1 N–H and O–H groups in total. The Morgan fingerprint density at radius 2 is 2.28 bits per heavy atom. The molecule has 2 fully saturated rings. The van der Waals surface area contributed by atoms with E-state index in [-0.39, 0.29) is 24.9 Å². The first-order valence-electron chi connectivity index (χ1n) is 6.50. The summed E-state index contributed by atoms with van der Waals surface area (Å²) in [6.45, 7) is -0.0910. The number of nitriles is 1. The molecular weight excluding hydrogens is 234 g/mol. The van der Waals surface area contributed by atoms with Crippen molar-refractivity contribution in [3.8, 4) is 6.07 Å². The van der Waals surface area contributed by atoms with Gasteiger partial charge >= 0.3 is 0 Å². The molecule has 0 spiro atoms. The normalized spacial score (nSPS) is 39.7. The first kappa shape index (κ1) is 13.5. The Kier molecular flexibility index (Phi) is 4.33. The Bertz CT molecular complexity index is 340. The van der Waals surface area contributed by atoms with Gasteiger partial charge in [0.1, 0.15) is 18.0 Å². The van der Waals surface area contributed by atoms with Gasteiger partial charge in [-0.15, -0.1) is 0 Å². The summed E-state index contributed by atoms with van der Waals surface area (Å²) in [4.78, 5) is 10.8. The van der Waals surface area contributed by atoms with Crippen LogP contribution in [-0.2, 0) is 14.3 Å². The van der Waals surface area contributed by atoms with Crippen LogP contribution in [0, 0.1) is 11.3 Å². The van der Waals surface area contributed by atoms with E-state index < -0.39 is 5.60 Å². The summed E-state index contributed by atoms with van der Waals surface area (Å²) in [5.41, 5.74) is -0.669. The van der Waals surface area contributed by atoms with Crippen LogP contribution in [0.4, 0.5) is 0 Å². The third-order valence-electron chi connectivity index (χ3n) is 3.93. The summed E-state index contributed by atoms with van der Waals surface area (Å²) in [7, 11) is 0. The Hall–Kier alpha value is -0.960. The highest BCUT2D eigenvalue weighted by molar-refractivity contribution is 5.56. The number of rotatable bonds is 4. The third kappa shape index (κ3) is 2.56. The number of carbonyl (C=O) groups excluding carboxylic acids is 1. The molecule has 2 heterocycles. The van der Waals surface area contributed by atoms with E-state index in [0.717, 1.165) is 19.1 Å². The highest BCUT2D eigenvalue weighted by Gasteiger charge is 2.49. The molecule has 5 heteroatoms. The number of aliphatic hydroxyl groups excluding tert-OH is 1. The van der Waals surface area contributed by atoms with E-state index in [4.69, 9.17) is 14.7 Å². The molecule has 2 saturated heterocycles. The first-order valence-corrected chi connectivity index (χ1v) is 6.50. The topological polar surface area (TPSA) is 79.5 Å². The molecule has 2 aliphatic rings. The number of hydrogen-bond acceptors (Lipinski definition) is 5. The molecule has 0 aromatic rings. The van der Waals surface area contributed by atoms with E-state index >= 15 is 0 Å². The van der Waals surface area contributed by atoms with Crippen molar-refractivity contribution in [1.82, 2.24) is 0 Å². The van der Waals surface area contributed by atoms with Gasteiger partial charge in [-0.05, 0) is 32.1 Å². The second kappa shape index (κ2) is 5.79. The SMILES string of the molecule is N#CCCC1CCC2OC(C=O)CCC2(CO)O1.